The van der Waals surface area contributed by atoms with E-state index in [9.17, 15) is 9.59 Å². The maximum absolute atomic E-state index is 11.7. The van der Waals surface area contributed by atoms with E-state index in [0.717, 1.165) is 12.1 Å². The average Bonchev–Trinajstić information content (AvgIpc) is 2.38. The van der Waals surface area contributed by atoms with Gasteiger partial charge in [0.1, 0.15) is 0 Å². The Bertz CT molecular complexity index is 418. The van der Waals surface area contributed by atoms with Crippen LogP contribution in [0.3, 0.4) is 0 Å². The fourth-order valence-electron chi connectivity index (χ4n) is 1.42. The van der Waals surface area contributed by atoms with Crippen molar-refractivity contribution >= 4 is 29.2 Å². The van der Waals surface area contributed by atoms with Crippen LogP contribution in [-0.2, 0) is 11.2 Å². The topological polar surface area (TPSA) is 49.4 Å². The van der Waals surface area contributed by atoms with E-state index in [4.69, 9.17) is 11.6 Å². The zero-order chi connectivity index (χ0) is 13.5. The second-order valence-electron chi connectivity index (χ2n) is 3.87. The van der Waals surface area contributed by atoms with Gasteiger partial charge in [0.2, 0.25) is 5.91 Å². The van der Waals surface area contributed by atoms with Crippen molar-refractivity contribution in [3.8, 4) is 0 Å². The highest BCUT2D eigenvalue weighted by molar-refractivity contribution is 6.19. The molecule has 4 nitrogen and oxygen atoms in total. The van der Waals surface area contributed by atoms with Gasteiger partial charge in [-0.25, -0.2) is 4.79 Å². The molecule has 0 unspecified atom stereocenters. The molecule has 0 radical (unpaired) electrons. The fraction of sp³-hybridized carbons (Fsp3) is 0.385. The molecule has 0 aliphatic heterocycles. The fourth-order valence-corrected chi connectivity index (χ4v) is 1.60. The summed E-state index contributed by atoms with van der Waals surface area (Å²) < 4.78 is 0. The highest BCUT2D eigenvalue weighted by atomic mass is 35.5. The summed E-state index contributed by atoms with van der Waals surface area (Å²) in [5.74, 6) is -0.166. The number of carbonyl (C=O) groups excluding carboxylic acids is 2. The predicted octanol–water partition coefficient (Wildman–Crippen LogP) is 2.55. The van der Waals surface area contributed by atoms with Crippen LogP contribution in [0, 0.1) is 0 Å². The minimum absolute atomic E-state index is 0.135. The minimum atomic E-state index is -0.450. The first-order valence-corrected chi connectivity index (χ1v) is 6.34. The van der Waals surface area contributed by atoms with Crippen LogP contribution in [0.5, 0.6) is 0 Å². The Morgan fingerprint density at radius 2 is 1.89 bits per heavy atom. The number of imide groups is 1. The van der Waals surface area contributed by atoms with E-state index in [2.05, 4.69) is 12.2 Å². The SMILES string of the molecule is CCc1ccc(N(C)C(=O)NC(=O)CCCl)cc1. The lowest BCUT2D eigenvalue weighted by Crippen LogP contribution is -2.40. The van der Waals surface area contributed by atoms with Crippen LogP contribution in [0.25, 0.3) is 0 Å². The number of aryl methyl sites for hydroxylation is 1. The molecule has 0 saturated carbocycles. The molecule has 18 heavy (non-hydrogen) atoms. The van der Waals surface area contributed by atoms with Gasteiger partial charge in [-0.05, 0) is 24.1 Å². The van der Waals surface area contributed by atoms with E-state index < -0.39 is 6.03 Å². The van der Waals surface area contributed by atoms with Gasteiger partial charge in [0.15, 0.2) is 0 Å². The van der Waals surface area contributed by atoms with Crippen molar-refractivity contribution in [2.24, 2.45) is 0 Å². The van der Waals surface area contributed by atoms with Crippen LogP contribution in [0.4, 0.5) is 10.5 Å². The quantitative estimate of drug-likeness (QED) is 0.853. The van der Waals surface area contributed by atoms with Crippen molar-refractivity contribution < 1.29 is 9.59 Å². The Hall–Kier alpha value is -1.55. The molecule has 1 rings (SSSR count). The summed E-state index contributed by atoms with van der Waals surface area (Å²) >= 11 is 5.42. The number of nitrogens with zero attached hydrogens (tertiary/aromatic N) is 1. The van der Waals surface area contributed by atoms with Gasteiger partial charge in [-0.15, -0.1) is 11.6 Å². The third-order valence-corrected chi connectivity index (χ3v) is 2.79. The molecule has 1 aromatic rings. The first-order chi connectivity index (χ1) is 8.58. The Morgan fingerprint density at radius 1 is 1.28 bits per heavy atom. The summed E-state index contributed by atoms with van der Waals surface area (Å²) in [6.07, 6.45) is 1.08. The van der Waals surface area contributed by atoms with Gasteiger partial charge < -0.3 is 0 Å². The van der Waals surface area contributed by atoms with Gasteiger partial charge in [-0.1, -0.05) is 19.1 Å². The molecule has 0 atom stereocenters. The summed E-state index contributed by atoms with van der Waals surface area (Å²) in [5.41, 5.74) is 1.94. The number of halogens is 1. The zero-order valence-corrected chi connectivity index (χ0v) is 11.3. The Balaban J connectivity index is 2.64. The van der Waals surface area contributed by atoms with Crippen LogP contribution in [0.1, 0.15) is 18.9 Å². The number of anilines is 1. The lowest BCUT2D eigenvalue weighted by molar-refractivity contribution is -0.119. The smallest absolute Gasteiger partial charge is 0.297 e. The molecule has 1 N–H and O–H groups in total. The van der Waals surface area contributed by atoms with E-state index >= 15 is 0 Å². The first kappa shape index (κ1) is 14.5. The number of benzene rings is 1. The average molecular weight is 269 g/mol. The maximum Gasteiger partial charge on any atom is 0.328 e. The van der Waals surface area contributed by atoms with Crippen LogP contribution in [0.2, 0.25) is 0 Å². The van der Waals surface area contributed by atoms with Crippen molar-refractivity contribution in [2.75, 3.05) is 17.8 Å². The van der Waals surface area contributed by atoms with Gasteiger partial charge in [-0.3, -0.25) is 15.0 Å². The van der Waals surface area contributed by atoms with Crippen LogP contribution >= 0.6 is 11.6 Å². The molecular formula is C13H17ClN2O2. The molecule has 0 fully saturated rings. The number of hydrogen-bond acceptors (Lipinski definition) is 2. The highest BCUT2D eigenvalue weighted by Gasteiger charge is 2.13. The van der Waals surface area contributed by atoms with Crippen LogP contribution in [0.15, 0.2) is 24.3 Å². The summed E-state index contributed by atoms with van der Waals surface area (Å²) in [6.45, 7) is 2.07. The number of urea groups is 1. The summed E-state index contributed by atoms with van der Waals surface area (Å²) in [6, 6.07) is 7.17. The number of alkyl halides is 1. The molecule has 3 amide bonds. The van der Waals surface area contributed by atoms with Crippen LogP contribution in [-0.4, -0.2) is 24.9 Å². The molecule has 0 spiro atoms. The lowest BCUT2D eigenvalue weighted by Gasteiger charge is -2.17. The zero-order valence-electron chi connectivity index (χ0n) is 10.6. The van der Waals surface area contributed by atoms with Gasteiger partial charge in [0.25, 0.3) is 0 Å². The third kappa shape index (κ3) is 4.04. The Kier molecular flexibility index (Phi) is 5.65. The highest BCUT2D eigenvalue weighted by Crippen LogP contribution is 2.14. The summed E-state index contributed by atoms with van der Waals surface area (Å²) in [5, 5.41) is 2.27. The molecule has 0 aliphatic carbocycles. The molecule has 0 saturated heterocycles. The molecule has 0 heterocycles. The van der Waals surface area contributed by atoms with E-state index in [-0.39, 0.29) is 18.2 Å². The second-order valence-corrected chi connectivity index (χ2v) is 4.25. The molecule has 5 heteroatoms. The molecular weight excluding hydrogens is 252 g/mol. The Labute approximate surface area is 112 Å². The largest absolute Gasteiger partial charge is 0.328 e. The molecule has 0 aliphatic rings. The first-order valence-electron chi connectivity index (χ1n) is 5.81. The number of hydrogen-bond donors (Lipinski definition) is 1. The molecule has 0 aromatic heterocycles. The van der Waals surface area contributed by atoms with Crippen molar-refractivity contribution in [3.05, 3.63) is 29.8 Å². The third-order valence-electron chi connectivity index (χ3n) is 2.60. The van der Waals surface area contributed by atoms with Crippen molar-refractivity contribution in [1.29, 1.82) is 0 Å². The summed E-state index contributed by atoms with van der Waals surface area (Å²) in [4.78, 5) is 24.4. The normalized spacial score (nSPS) is 9.94. The predicted molar refractivity (Wildman–Crippen MR) is 73.1 cm³/mol. The lowest BCUT2D eigenvalue weighted by atomic mass is 10.1. The summed E-state index contributed by atoms with van der Waals surface area (Å²) in [7, 11) is 1.62. The van der Waals surface area contributed by atoms with E-state index in [1.165, 1.54) is 10.5 Å². The number of rotatable bonds is 4. The van der Waals surface area contributed by atoms with Crippen molar-refractivity contribution in [3.63, 3.8) is 0 Å². The van der Waals surface area contributed by atoms with Crippen LogP contribution < -0.4 is 10.2 Å². The number of amides is 3. The maximum atomic E-state index is 11.7. The van der Waals surface area contributed by atoms with Crippen molar-refractivity contribution in [1.82, 2.24) is 5.32 Å². The van der Waals surface area contributed by atoms with E-state index in [1.54, 1.807) is 7.05 Å². The van der Waals surface area contributed by atoms with E-state index in [0.29, 0.717) is 0 Å². The van der Waals surface area contributed by atoms with Gasteiger partial charge in [-0.2, -0.15) is 0 Å². The monoisotopic (exact) mass is 268 g/mol. The minimum Gasteiger partial charge on any atom is -0.297 e. The molecule has 98 valence electrons. The Morgan fingerprint density at radius 3 is 2.39 bits per heavy atom. The standard InChI is InChI=1S/C13H17ClN2O2/c1-3-10-4-6-11(7-5-10)16(2)13(18)15-12(17)8-9-14/h4-7H,3,8-9H2,1-2H3,(H,15,17,18). The van der Waals surface area contributed by atoms with Gasteiger partial charge in [0.05, 0.1) is 0 Å². The van der Waals surface area contributed by atoms with Gasteiger partial charge >= 0.3 is 6.03 Å². The van der Waals surface area contributed by atoms with E-state index in [1.807, 2.05) is 24.3 Å². The van der Waals surface area contributed by atoms with Crippen molar-refractivity contribution in [2.45, 2.75) is 19.8 Å². The number of carbonyl (C=O) groups is 2. The molecule has 0 bridgehead atoms. The molecule has 1 aromatic carbocycles. The second kappa shape index (κ2) is 7.01. The number of nitrogens with one attached hydrogen (secondary N) is 1. The van der Waals surface area contributed by atoms with Gasteiger partial charge in [0, 0.05) is 25.0 Å².